The third kappa shape index (κ3) is 2.69. The van der Waals surface area contributed by atoms with E-state index >= 15 is 0 Å². The summed E-state index contributed by atoms with van der Waals surface area (Å²) >= 11 is 0. The van der Waals surface area contributed by atoms with E-state index in [4.69, 9.17) is 9.84 Å². The molecule has 86 valence electrons. The molecule has 15 heavy (non-hydrogen) atoms. The summed E-state index contributed by atoms with van der Waals surface area (Å²) in [6, 6.07) is 0.459. The van der Waals surface area contributed by atoms with Crippen LogP contribution in [0.15, 0.2) is 0 Å². The van der Waals surface area contributed by atoms with Crippen molar-refractivity contribution < 1.29 is 14.6 Å². The zero-order valence-electron chi connectivity index (χ0n) is 9.02. The van der Waals surface area contributed by atoms with Crippen LogP contribution in [0.3, 0.4) is 0 Å². The fraction of sp³-hybridized carbons (Fsp3) is 0.909. The number of aliphatic carboxylic acids is 1. The third-order valence-electron chi connectivity index (χ3n) is 3.45. The highest BCUT2D eigenvalue weighted by Crippen LogP contribution is 2.22. The Balaban J connectivity index is 1.88. The average molecular weight is 213 g/mol. The van der Waals surface area contributed by atoms with Crippen LogP contribution in [0.25, 0.3) is 0 Å². The maximum Gasteiger partial charge on any atom is 0.307 e. The summed E-state index contributed by atoms with van der Waals surface area (Å²) in [6.07, 6.45) is 4.11. The van der Waals surface area contributed by atoms with Crippen molar-refractivity contribution in [2.24, 2.45) is 5.92 Å². The van der Waals surface area contributed by atoms with Crippen LogP contribution in [0.5, 0.6) is 0 Å². The molecule has 0 aromatic heterocycles. The first kappa shape index (κ1) is 10.9. The van der Waals surface area contributed by atoms with Crippen LogP contribution in [0.1, 0.15) is 25.7 Å². The Kier molecular flexibility index (Phi) is 3.59. The first-order valence-corrected chi connectivity index (χ1v) is 5.82. The molecule has 0 aromatic carbocycles. The number of carbonyl (C=O) groups is 1. The van der Waals surface area contributed by atoms with E-state index in [-0.39, 0.29) is 5.92 Å². The van der Waals surface area contributed by atoms with Gasteiger partial charge in [-0.25, -0.2) is 0 Å². The predicted molar refractivity (Wildman–Crippen MR) is 55.8 cm³/mol. The van der Waals surface area contributed by atoms with Gasteiger partial charge in [0.25, 0.3) is 0 Å². The van der Waals surface area contributed by atoms with Gasteiger partial charge in [-0.05, 0) is 32.2 Å². The summed E-state index contributed by atoms with van der Waals surface area (Å²) in [5.74, 6) is -0.808. The van der Waals surface area contributed by atoms with E-state index in [1.54, 1.807) is 0 Å². The largest absolute Gasteiger partial charge is 0.481 e. The molecular formula is C11H19NO3. The molecule has 0 aromatic rings. The normalized spacial score (nSPS) is 33.9. The second kappa shape index (κ2) is 4.94. The molecule has 0 radical (unpaired) electrons. The highest BCUT2D eigenvalue weighted by Gasteiger charge is 2.30. The van der Waals surface area contributed by atoms with E-state index in [1.165, 1.54) is 0 Å². The lowest BCUT2D eigenvalue weighted by Crippen LogP contribution is -2.47. The molecule has 2 atom stereocenters. The Morgan fingerprint density at radius 2 is 2.20 bits per heavy atom. The molecule has 4 nitrogen and oxygen atoms in total. The van der Waals surface area contributed by atoms with Crippen molar-refractivity contribution in [1.29, 1.82) is 0 Å². The topological polar surface area (TPSA) is 49.8 Å². The number of hydrogen-bond acceptors (Lipinski definition) is 3. The van der Waals surface area contributed by atoms with Crippen LogP contribution >= 0.6 is 0 Å². The van der Waals surface area contributed by atoms with Crippen molar-refractivity contribution in [1.82, 2.24) is 4.90 Å². The number of hydrogen-bond donors (Lipinski definition) is 1. The van der Waals surface area contributed by atoms with Crippen molar-refractivity contribution in [3.63, 3.8) is 0 Å². The molecule has 0 saturated carbocycles. The van der Waals surface area contributed by atoms with Gasteiger partial charge >= 0.3 is 5.97 Å². The minimum Gasteiger partial charge on any atom is -0.481 e. The van der Waals surface area contributed by atoms with Gasteiger partial charge < -0.3 is 9.84 Å². The number of rotatable bonds is 2. The van der Waals surface area contributed by atoms with E-state index in [9.17, 15) is 4.79 Å². The van der Waals surface area contributed by atoms with Crippen LogP contribution in [-0.4, -0.2) is 48.3 Å². The van der Waals surface area contributed by atoms with E-state index in [2.05, 4.69) is 4.90 Å². The maximum atomic E-state index is 10.9. The lowest BCUT2D eigenvalue weighted by Gasteiger charge is -2.38. The first-order valence-electron chi connectivity index (χ1n) is 5.82. The molecule has 4 heteroatoms. The molecule has 0 spiro atoms. The minimum atomic E-state index is -0.642. The SMILES string of the molecule is O=C(O)C1CCCN(C2CCCOC2)C1. The Hall–Kier alpha value is -0.610. The maximum absolute atomic E-state index is 10.9. The zero-order chi connectivity index (χ0) is 10.7. The Morgan fingerprint density at radius 3 is 2.87 bits per heavy atom. The molecule has 2 aliphatic rings. The van der Waals surface area contributed by atoms with E-state index in [0.29, 0.717) is 12.6 Å². The summed E-state index contributed by atoms with van der Waals surface area (Å²) in [7, 11) is 0. The molecule has 2 unspecified atom stereocenters. The smallest absolute Gasteiger partial charge is 0.307 e. The fourth-order valence-electron chi connectivity index (χ4n) is 2.55. The number of likely N-dealkylation sites (tertiary alicyclic amines) is 1. The average Bonchev–Trinajstić information content (AvgIpc) is 2.30. The fourth-order valence-corrected chi connectivity index (χ4v) is 2.55. The van der Waals surface area contributed by atoms with Crippen LogP contribution in [0.4, 0.5) is 0 Å². The molecule has 0 aliphatic carbocycles. The van der Waals surface area contributed by atoms with Crippen LogP contribution in [0, 0.1) is 5.92 Å². The second-order valence-electron chi connectivity index (χ2n) is 4.54. The number of piperidine rings is 1. The molecular weight excluding hydrogens is 194 g/mol. The van der Waals surface area contributed by atoms with Gasteiger partial charge in [0.2, 0.25) is 0 Å². The first-order chi connectivity index (χ1) is 7.27. The van der Waals surface area contributed by atoms with E-state index in [0.717, 1.165) is 45.4 Å². The summed E-state index contributed by atoms with van der Waals surface area (Å²) in [5, 5.41) is 9.00. The summed E-state index contributed by atoms with van der Waals surface area (Å²) in [4.78, 5) is 13.2. The molecule has 2 saturated heterocycles. The zero-order valence-corrected chi connectivity index (χ0v) is 9.02. The third-order valence-corrected chi connectivity index (χ3v) is 3.45. The summed E-state index contributed by atoms with van der Waals surface area (Å²) in [5.41, 5.74) is 0. The molecule has 2 heterocycles. The number of carboxylic acid groups (broad SMARTS) is 1. The number of ether oxygens (including phenoxy) is 1. The second-order valence-corrected chi connectivity index (χ2v) is 4.54. The summed E-state index contributed by atoms with van der Waals surface area (Å²) < 4.78 is 5.44. The van der Waals surface area contributed by atoms with Gasteiger partial charge in [-0.15, -0.1) is 0 Å². The minimum absolute atomic E-state index is 0.166. The number of carboxylic acids is 1. The van der Waals surface area contributed by atoms with Crippen molar-refractivity contribution in [2.45, 2.75) is 31.7 Å². The predicted octanol–water partition coefficient (Wildman–Crippen LogP) is 0.962. The monoisotopic (exact) mass is 213 g/mol. The highest BCUT2D eigenvalue weighted by molar-refractivity contribution is 5.70. The van der Waals surface area contributed by atoms with Crippen molar-refractivity contribution >= 4 is 5.97 Å². The lowest BCUT2D eigenvalue weighted by atomic mass is 9.95. The van der Waals surface area contributed by atoms with Gasteiger partial charge in [0, 0.05) is 19.2 Å². The van der Waals surface area contributed by atoms with Crippen LogP contribution in [0.2, 0.25) is 0 Å². The standard InChI is InChI=1S/C11H19NO3/c13-11(14)9-3-1-5-12(7-9)10-4-2-6-15-8-10/h9-10H,1-8H2,(H,13,14). The molecule has 1 N–H and O–H groups in total. The molecule has 0 bridgehead atoms. The molecule has 2 aliphatic heterocycles. The highest BCUT2D eigenvalue weighted by atomic mass is 16.5. The van der Waals surface area contributed by atoms with Gasteiger partial charge in [-0.1, -0.05) is 0 Å². The Morgan fingerprint density at radius 1 is 1.33 bits per heavy atom. The molecule has 0 amide bonds. The van der Waals surface area contributed by atoms with Crippen LogP contribution < -0.4 is 0 Å². The van der Waals surface area contributed by atoms with Gasteiger partial charge in [0.1, 0.15) is 0 Å². The van der Waals surface area contributed by atoms with E-state index < -0.39 is 5.97 Å². The van der Waals surface area contributed by atoms with Gasteiger partial charge in [0.05, 0.1) is 12.5 Å². The van der Waals surface area contributed by atoms with Crippen LogP contribution in [-0.2, 0) is 9.53 Å². The Bertz CT molecular complexity index is 226. The quantitative estimate of drug-likeness (QED) is 0.742. The van der Waals surface area contributed by atoms with Crippen molar-refractivity contribution in [3.05, 3.63) is 0 Å². The number of nitrogens with zero attached hydrogens (tertiary/aromatic N) is 1. The molecule has 2 fully saturated rings. The van der Waals surface area contributed by atoms with E-state index in [1.807, 2.05) is 0 Å². The van der Waals surface area contributed by atoms with Gasteiger partial charge in [-0.3, -0.25) is 9.69 Å². The van der Waals surface area contributed by atoms with Crippen molar-refractivity contribution in [3.8, 4) is 0 Å². The Labute approximate surface area is 90.2 Å². The van der Waals surface area contributed by atoms with Gasteiger partial charge in [-0.2, -0.15) is 0 Å². The summed E-state index contributed by atoms with van der Waals surface area (Å²) in [6.45, 7) is 3.40. The molecule has 2 rings (SSSR count). The van der Waals surface area contributed by atoms with Crippen molar-refractivity contribution in [2.75, 3.05) is 26.3 Å². The lowest BCUT2D eigenvalue weighted by molar-refractivity contribution is -0.144. The van der Waals surface area contributed by atoms with Gasteiger partial charge in [0.15, 0.2) is 0 Å².